The van der Waals surface area contributed by atoms with Gasteiger partial charge in [0.1, 0.15) is 11.6 Å². The molecule has 0 aromatic rings. The van der Waals surface area contributed by atoms with Gasteiger partial charge < -0.3 is 0 Å². The second kappa shape index (κ2) is 15.3. The Morgan fingerprint density at radius 2 is 0.741 bits per heavy atom. The highest BCUT2D eigenvalue weighted by atomic mass is 16.1. The van der Waals surface area contributed by atoms with Gasteiger partial charge >= 0.3 is 0 Å². The molecule has 0 spiro atoms. The van der Waals surface area contributed by atoms with E-state index in [-0.39, 0.29) is 31.1 Å². The van der Waals surface area contributed by atoms with Gasteiger partial charge in [0.05, 0.1) is 0 Å². The molecule has 0 rings (SSSR count). The minimum Gasteiger partial charge on any atom is -0.299 e. The monoisotopic (exact) mass is 384 g/mol. The van der Waals surface area contributed by atoms with Crippen molar-refractivity contribution in [2.24, 2.45) is 47.3 Å². The molecule has 0 aromatic carbocycles. The van der Waals surface area contributed by atoms with Crippen LogP contribution in [-0.2, 0) is 9.59 Å². The first-order chi connectivity index (χ1) is 11.7. The second-order valence-electron chi connectivity index (χ2n) is 9.91. The zero-order chi connectivity index (χ0) is 21.2. The van der Waals surface area contributed by atoms with Crippen LogP contribution in [0.3, 0.4) is 0 Å². The fourth-order valence-electron chi connectivity index (χ4n) is 3.51. The van der Waals surface area contributed by atoms with Crippen molar-refractivity contribution >= 4 is 11.6 Å². The van der Waals surface area contributed by atoms with Crippen molar-refractivity contribution in [1.29, 1.82) is 0 Å². The lowest BCUT2D eigenvalue weighted by atomic mass is 9.82. The third kappa shape index (κ3) is 14.1. The lowest BCUT2D eigenvalue weighted by Crippen LogP contribution is -2.24. The standard InChI is InChI=1S/2C12H24O.CH4/c2*1-8(2)7-10(5)11(6)12(13)9(3)4;/h2*8-11H,7H2,1-6H3;1H4. The largest absolute Gasteiger partial charge is 0.299 e. The second-order valence-corrected chi connectivity index (χ2v) is 9.91. The van der Waals surface area contributed by atoms with Gasteiger partial charge in [0, 0.05) is 23.7 Å². The Bertz CT molecular complexity index is 355. The van der Waals surface area contributed by atoms with E-state index in [1.165, 1.54) is 0 Å². The molecule has 4 unspecified atom stereocenters. The van der Waals surface area contributed by atoms with Crippen LogP contribution in [-0.4, -0.2) is 11.6 Å². The summed E-state index contributed by atoms with van der Waals surface area (Å²) in [5.41, 5.74) is 0. The summed E-state index contributed by atoms with van der Waals surface area (Å²) in [5.74, 6) is 4.07. The molecule has 0 heterocycles. The van der Waals surface area contributed by atoms with E-state index in [1.54, 1.807) is 0 Å². The maximum absolute atomic E-state index is 11.7. The first kappa shape index (κ1) is 31.0. The normalized spacial score (nSPS) is 15.7. The zero-order valence-corrected chi connectivity index (χ0v) is 19.8. The van der Waals surface area contributed by atoms with Gasteiger partial charge in [-0.3, -0.25) is 9.59 Å². The molecule has 164 valence electrons. The number of hydrogen-bond acceptors (Lipinski definition) is 2. The summed E-state index contributed by atoms with van der Waals surface area (Å²) in [5, 5.41) is 0. The first-order valence-electron chi connectivity index (χ1n) is 10.8. The fourth-order valence-corrected chi connectivity index (χ4v) is 3.51. The van der Waals surface area contributed by atoms with Gasteiger partial charge in [0.2, 0.25) is 0 Å². The Morgan fingerprint density at radius 1 is 0.519 bits per heavy atom. The highest BCUT2D eigenvalue weighted by Gasteiger charge is 2.23. The number of carbonyl (C=O) groups is 2. The third-order valence-corrected chi connectivity index (χ3v) is 5.43. The van der Waals surface area contributed by atoms with E-state index in [0.717, 1.165) is 12.8 Å². The molecule has 0 radical (unpaired) electrons. The molecule has 4 atom stereocenters. The van der Waals surface area contributed by atoms with E-state index in [1.807, 2.05) is 27.7 Å². The van der Waals surface area contributed by atoms with Crippen molar-refractivity contribution in [1.82, 2.24) is 0 Å². The molecule has 2 heteroatoms. The van der Waals surface area contributed by atoms with E-state index in [9.17, 15) is 9.59 Å². The lowest BCUT2D eigenvalue weighted by Gasteiger charge is -2.21. The number of Topliss-reactive ketones (excluding diaryl/α,β-unsaturated/α-hetero) is 2. The number of hydrogen-bond donors (Lipinski definition) is 0. The van der Waals surface area contributed by atoms with Gasteiger partial charge in [-0.2, -0.15) is 0 Å². The Morgan fingerprint density at radius 3 is 0.889 bits per heavy atom. The Kier molecular flexibility index (Phi) is 17.6. The molecule has 0 N–H and O–H groups in total. The van der Waals surface area contributed by atoms with Crippen LogP contribution in [0.2, 0.25) is 0 Å². The van der Waals surface area contributed by atoms with Crippen LogP contribution in [0.5, 0.6) is 0 Å². The van der Waals surface area contributed by atoms with Crippen molar-refractivity contribution in [3.8, 4) is 0 Å². The van der Waals surface area contributed by atoms with Crippen molar-refractivity contribution in [3.63, 3.8) is 0 Å². The molecule has 27 heavy (non-hydrogen) atoms. The van der Waals surface area contributed by atoms with E-state index in [0.29, 0.717) is 35.2 Å². The van der Waals surface area contributed by atoms with Crippen LogP contribution in [0.25, 0.3) is 0 Å². The zero-order valence-electron chi connectivity index (χ0n) is 19.8. The minimum atomic E-state index is 0. The molecular formula is C25H52O2. The average Bonchev–Trinajstić information content (AvgIpc) is 2.50. The lowest BCUT2D eigenvalue weighted by molar-refractivity contribution is -0.127. The molecule has 0 saturated heterocycles. The summed E-state index contributed by atoms with van der Waals surface area (Å²) < 4.78 is 0. The molecule has 2 nitrogen and oxygen atoms in total. The van der Waals surface area contributed by atoms with Crippen LogP contribution in [0.1, 0.15) is 103 Å². The molecule has 0 aliphatic heterocycles. The van der Waals surface area contributed by atoms with Gasteiger partial charge in [0.15, 0.2) is 0 Å². The summed E-state index contributed by atoms with van der Waals surface area (Å²) in [4.78, 5) is 23.3. The first-order valence-corrected chi connectivity index (χ1v) is 10.8. The van der Waals surface area contributed by atoms with Gasteiger partial charge in [-0.15, -0.1) is 0 Å². The van der Waals surface area contributed by atoms with E-state index < -0.39 is 0 Å². The molecule has 0 amide bonds. The maximum Gasteiger partial charge on any atom is 0.138 e. The minimum absolute atomic E-state index is 0. The molecule has 0 aliphatic carbocycles. The number of rotatable bonds is 10. The van der Waals surface area contributed by atoms with Crippen molar-refractivity contribution in [2.45, 2.75) is 103 Å². The summed E-state index contributed by atoms with van der Waals surface area (Å²) >= 11 is 0. The van der Waals surface area contributed by atoms with Crippen LogP contribution in [0.15, 0.2) is 0 Å². The number of ketones is 2. The molecule has 0 aromatic heterocycles. The average molecular weight is 385 g/mol. The maximum atomic E-state index is 11.7. The third-order valence-electron chi connectivity index (χ3n) is 5.43. The van der Waals surface area contributed by atoms with Crippen LogP contribution in [0, 0.1) is 47.3 Å². The molecule has 0 aliphatic rings. The van der Waals surface area contributed by atoms with Crippen molar-refractivity contribution in [3.05, 3.63) is 0 Å². The summed E-state index contributed by atoms with van der Waals surface area (Å²) in [6, 6.07) is 0. The number of carbonyl (C=O) groups excluding carboxylic acids is 2. The quantitative estimate of drug-likeness (QED) is 0.387. The molecule has 0 fully saturated rings. The Hall–Kier alpha value is -0.660. The highest BCUT2D eigenvalue weighted by molar-refractivity contribution is 5.83. The predicted octanol–water partition coefficient (Wildman–Crippen LogP) is 7.70. The fraction of sp³-hybridized carbons (Fsp3) is 0.920. The summed E-state index contributed by atoms with van der Waals surface area (Å²) in [6.07, 6.45) is 2.30. The Balaban J connectivity index is -0.000000411. The van der Waals surface area contributed by atoms with E-state index >= 15 is 0 Å². The summed E-state index contributed by atoms with van der Waals surface area (Å²) in [6.45, 7) is 25.3. The predicted molar refractivity (Wildman–Crippen MR) is 122 cm³/mol. The Labute approximate surface area is 172 Å². The van der Waals surface area contributed by atoms with Crippen LogP contribution in [0.4, 0.5) is 0 Å². The van der Waals surface area contributed by atoms with Gasteiger partial charge in [-0.05, 0) is 36.5 Å². The molecular weight excluding hydrogens is 332 g/mol. The van der Waals surface area contributed by atoms with Crippen molar-refractivity contribution in [2.75, 3.05) is 0 Å². The molecule has 0 saturated carbocycles. The summed E-state index contributed by atoms with van der Waals surface area (Å²) in [7, 11) is 0. The topological polar surface area (TPSA) is 34.1 Å². The van der Waals surface area contributed by atoms with Gasteiger partial charge in [-0.25, -0.2) is 0 Å². The SMILES string of the molecule is C.CC(C)CC(C)C(C)C(=O)C(C)C.CC(C)CC(C)C(C)C(=O)C(C)C. The van der Waals surface area contributed by atoms with Crippen LogP contribution >= 0.6 is 0 Å². The van der Waals surface area contributed by atoms with Crippen LogP contribution < -0.4 is 0 Å². The van der Waals surface area contributed by atoms with E-state index in [4.69, 9.17) is 0 Å². The van der Waals surface area contributed by atoms with Gasteiger partial charge in [0.25, 0.3) is 0 Å². The molecule has 0 bridgehead atoms. The highest BCUT2D eigenvalue weighted by Crippen LogP contribution is 2.23. The van der Waals surface area contributed by atoms with E-state index in [2.05, 4.69) is 55.4 Å². The van der Waals surface area contributed by atoms with Crippen molar-refractivity contribution < 1.29 is 9.59 Å². The van der Waals surface area contributed by atoms with Gasteiger partial charge in [-0.1, -0.05) is 90.5 Å². The smallest absolute Gasteiger partial charge is 0.138 e.